The number of hydrogen-bond acceptors (Lipinski definition) is 3. The van der Waals surface area contributed by atoms with Gasteiger partial charge < -0.3 is 9.88 Å². The molecule has 1 N–H and O–H groups in total. The van der Waals surface area contributed by atoms with Crippen molar-refractivity contribution in [3.63, 3.8) is 0 Å². The van der Waals surface area contributed by atoms with Crippen molar-refractivity contribution < 1.29 is 0 Å². The van der Waals surface area contributed by atoms with Gasteiger partial charge in [0, 0.05) is 18.9 Å². The quantitative estimate of drug-likeness (QED) is 0.783. The topological polar surface area (TPSA) is 53.6 Å². The number of hydrogen-bond donors (Lipinski definition) is 1. The van der Waals surface area contributed by atoms with E-state index in [1.54, 1.807) is 0 Å². The van der Waals surface area contributed by atoms with E-state index in [9.17, 15) is 0 Å². The summed E-state index contributed by atoms with van der Waals surface area (Å²) >= 11 is 0. The van der Waals surface area contributed by atoms with Crippen molar-refractivity contribution >= 4 is 0 Å². The van der Waals surface area contributed by atoms with E-state index in [4.69, 9.17) is 5.26 Å². The molecular weight excluding hydrogens is 236 g/mol. The lowest BCUT2D eigenvalue weighted by atomic mass is 9.90. The van der Waals surface area contributed by atoms with Gasteiger partial charge in [-0.2, -0.15) is 5.26 Å². The van der Waals surface area contributed by atoms with E-state index in [0.29, 0.717) is 5.92 Å². The minimum atomic E-state index is -0.226. The van der Waals surface area contributed by atoms with E-state index in [0.717, 1.165) is 38.3 Å². The minimum Gasteiger partial charge on any atom is -0.334 e. The molecule has 1 heterocycles. The second kappa shape index (κ2) is 7.30. The average molecular weight is 262 g/mol. The molecule has 1 rings (SSSR count). The van der Waals surface area contributed by atoms with Crippen molar-refractivity contribution in [2.24, 2.45) is 11.3 Å². The summed E-state index contributed by atoms with van der Waals surface area (Å²) in [6.07, 6.45) is 5.79. The Hall–Kier alpha value is -1.34. The largest absolute Gasteiger partial charge is 0.334 e. The molecule has 0 aliphatic rings. The minimum absolute atomic E-state index is 0.226. The first kappa shape index (κ1) is 15.7. The van der Waals surface area contributed by atoms with Gasteiger partial charge >= 0.3 is 0 Å². The third-order valence-corrected chi connectivity index (χ3v) is 3.14. The monoisotopic (exact) mass is 262 g/mol. The van der Waals surface area contributed by atoms with Crippen LogP contribution in [0.15, 0.2) is 12.4 Å². The van der Waals surface area contributed by atoms with Crippen LogP contribution in [0.4, 0.5) is 0 Å². The van der Waals surface area contributed by atoms with Crippen molar-refractivity contribution in [1.29, 1.82) is 5.26 Å². The van der Waals surface area contributed by atoms with Crippen LogP contribution in [0.2, 0.25) is 0 Å². The predicted molar refractivity (Wildman–Crippen MR) is 77.4 cm³/mol. The average Bonchev–Trinajstić information content (AvgIpc) is 2.76. The number of aromatic nitrogens is 2. The maximum absolute atomic E-state index is 8.99. The lowest BCUT2D eigenvalue weighted by Gasteiger charge is -2.15. The molecule has 0 amide bonds. The molecule has 0 aromatic carbocycles. The van der Waals surface area contributed by atoms with Gasteiger partial charge in [0.15, 0.2) is 0 Å². The van der Waals surface area contributed by atoms with E-state index >= 15 is 0 Å². The van der Waals surface area contributed by atoms with Crippen LogP contribution in [0.25, 0.3) is 0 Å². The molecule has 4 nitrogen and oxygen atoms in total. The molecule has 0 saturated heterocycles. The smallest absolute Gasteiger partial charge is 0.122 e. The van der Waals surface area contributed by atoms with E-state index in [1.165, 1.54) is 0 Å². The molecule has 0 aliphatic heterocycles. The zero-order valence-corrected chi connectivity index (χ0v) is 12.6. The maximum Gasteiger partial charge on any atom is 0.122 e. The van der Waals surface area contributed by atoms with Crippen LogP contribution in [0.3, 0.4) is 0 Å². The van der Waals surface area contributed by atoms with Crippen LogP contribution < -0.4 is 5.32 Å². The second-order valence-corrected chi connectivity index (χ2v) is 6.16. The zero-order chi connectivity index (χ0) is 14.3. The normalized spacial score (nSPS) is 11.8. The predicted octanol–water partition coefficient (Wildman–Crippen LogP) is 2.96. The molecule has 0 atom stereocenters. The molecule has 0 fully saturated rings. The maximum atomic E-state index is 8.99. The lowest BCUT2D eigenvalue weighted by molar-refractivity contribution is 0.411. The van der Waals surface area contributed by atoms with Crippen molar-refractivity contribution in [1.82, 2.24) is 14.9 Å². The van der Waals surface area contributed by atoms with Crippen LogP contribution >= 0.6 is 0 Å². The fourth-order valence-electron chi connectivity index (χ4n) is 1.93. The Balaban J connectivity index is 2.39. The molecule has 0 saturated carbocycles. The highest BCUT2D eigenvalue weighted by Gasteiger charge is 2.15. The Kier molecular flexibility index (Phi) is 6.04. The molecule has 1 aromatic heterocycles. The van der Waals surface area contributed by atoms with Crippen molar-refractivity contribution in [3.8, 4) is 6.07 Å². The van der Waals surface area contributed by atoms with Gasteiger partial charge in [0.1, 0.15) is 5.82 Å². The number of nitrogens with zero attached hydrogens (tertiary/aromatic N) is 3. The van der Waals surface area contributed by atoms with Gasteiger partial charge in [-0.1, -0.05) is 13.8 Å². The van der Waals surface area contributed by atoms with Gasteiger partial charge in [-0.25, -0.2) is 4.98 Å². The van der Waals surface area contributed by atoms with Crippen LogP contribution in [-0.4, -0.2) is 16.1 Å². The Labute approximate surface area is 116 Å². The number of nitrogens with one attached hydrogen (secondary N) is 1. The van der Waals surface area contributed by atoms with Crippen molar-refractivity contribution in [3.05, 3.63) is 18.2 Å². The fourth-order valence-corrected chi connectivity index (χ4v) is 1.93. The van der Waals surface area contributed by atoms with Gasteiger partial charge in [0.2, 0.25) is 0 Å². The van der Waals surface area contributed by atoms with E-state index in [1.807, 2.05) is 26.2 Å². The second-order valence-electron chi connectivity index (χ2n) is 6.16. The highest BCUT2D eigenvalue weighted by Crippen LogP contribution is 2.21. The summed E-state index contributed by atoms with van der Waals surface area (Å²) in [4.78, 5) is 4.38. The first-order valence-corrected chi connectivity index (χ1v) is 7.06. The highest BCUT2D eigenvalue weighted by atomic mass is 15.1. The molecule has 106 valence electrons. The first-order chi connectivity index (χ1) is 8.94. The molecular formula is C15H26N4. The summed E-state index contributed by atoms with van der Waals surface area (Å²) in [6, 6.07) is 2.35. The summed E-state index contributed by atoms with van der Waals surface area (Å²) in [5, 5.41) is 12.4. The molecule has 0 bridgehead atoms. The van der Waals surface area contributed by atoms with Crippen LogP contribution in [-0.2, 0) is 13.1 Å². The van der Waals surface area contributed by atoms with Crippen molar-refractivity contribution in [2.45, 2.75) is 53.6 Å². The Bertz CT molecular complexity index is 412. The summed E-state index contributed by atoms with van der Waals surface area (Å²) in [6.45, 7) is 11.1. The van der Waals surface area contributed by atoms with E-state index in [2.05, 4.69) is 34.8 Å². The molecule has 4 heteroatoms. The Morgan fingerprint density at radius 3 is 2.84 bits per heavy atom. The van der Waals surface area contributed by atoms with Crippen LogP contribution in [0, 0.1) is 22.7 Å². The third kappa shape index (κ3) is 5.89. The summed E-state index contributed by atoms with van der Waals surface area (Å²) in [5.41, 5.74) is -0.226. The van der Waals surface area contributed by atoms with Crippen LogP contribution in [0.5, 0.6) is 0 Å². The molecule has 0 unspecified atom stereocenters. The molecule has 0 radical (unpaired) electrons. The lowest BCUT2D eigenvalue weighted by Crippen LogP contribution is -2.21. The van der Waals surface area contributed by atoms with Gasteiger partial charge in [-0.3, -0.25) is 0 Å². The summed E-state index contributed by atoms with van der Waals surface area (Å²) in [5.74, 6) is 1.73. The van der Waals surface area contributed by atoms with Gasteiger partial charge in [-0.15, -0.1) is 0 Å². The van der Waals surface area contributed by atoms with E-state index < -0.39 is 0 Å². The van der Waals surface area contributed by atoms with Gasteiger partial charge in [-0.05, 0) is 39.2 Å². The Morgan fingerprint density at radius 2 is 2.21 bits per heavy atom. The first-order valence-electron chi connectivity index (χ1n) is 7.06. The number of rotatable bonds is 8. The van der Waals surface area contributed by atoms with Crippen LogP contribution in [0.1, 0.15) is 46.4 Å². The van der Waals surface area contributed by atoms with E-state index in [-0.39, 0.29) is 5.41 Å². The molecule has 0 spiro atoms. The van der Waals surface area contributed by atoms with Crippen molar-refractivity contribution in [2.75, 3.05) is 6.54 Å². The SMILES string of the molecule is CC(C)CNCc1nccn1CCCC(C)(C)C#N. The van der Waals surface area contributed by atoms with Gasteiger partial charge in [0.05, 0.1) is 18.0 Å². The summed E-state index contributed by atoms with van der Waals surface area (Å²) in [7, 11) is 0. The zero-order valence-electron chi connectivity index (χ0n) is 12.6. The molecule has 0 aliphatic carbocycles. The number of aryl methyl sites for hydroxylation is 1. The molecule has 1 aromatic rings. The Morgan fingerprint density at radius 1 is 1.47 bits per heavy atom. The molecule has 19 heavy (non-hydrogen) atoms. The number of imidazole rings is 1. The highest BCUT2D eigenvalue weighted by molar-refractivity contribution is 4.94. The summed E-state index contributed by atoms with van der Waals surface area (Å²) < 4.78 is 2.18. The third-order valence-electron chi connectivity index (χ3n) is 3.14. The number of nitriles is 1. The standard InChI is InChI=1S/C15H26N4/c1-13(2)10-17-11-14-18-7-9-19(14)8-5-6-15(3,4)12-16/h7,9,13,17H,5-6,8,10-11H2,1-4H3. The fraction of sp³-hybridized carbons (Fsp3) is 0.733. The van der Waals surface area contributed by atoms with Gasteiger partial charge in [0.25, 0.3) is 0 Å².